The molecule has 0 N–H and O–H groups in total. The SMILES string of the molecule is CN(C[C]=O)Cc1ccccc1. The van der Waals surface area contributed by atoms with Crippen LogP contribution in [0.2, 0.25) is 0 Å². The van der Waals surface area contributed by atoms with Crippen LogP contribution in [0.4, 0.5) is 0 Å². The Hall–Kier alpha value is -1.15. The standard InChI is InChI=1S/C10H12NO/c1-11(7-8-12)9-10-5-3-2-4-6-10/h2-6H,7,9H2,1H3. The van der Waals surface area contributed by atoms with Crippen LogP contribution in [0, 0.1) is 0 Å². The summed E-state index contributed by atoms with van der Waals surface area (Å²) in [6.45, 7) is 1.17. The van der Waals surface area contributed by atoms with Gasteiger partial charge in [0.15, 0.2) is 0 Å². The molecular formula is C10H12NO. The van der Waals surface area contributed by atoms with Crippen molar-refractivity contribution in [1.29, 1.82) is 0 Å². The average Bonchev–Trinajstić information content (AvgIpc) is 2.06. The Kier molecular flexibility index (Phi) is 3.48. The lowest BCUT2D eigenvalue weighted by molar-refractivity contribution is 0.365. The maximum absolute atomic E-state index is 10.0. The van der Waals surface area contributed by atoms with E-state index in [0.29, 0.717) is 6.54 Å². The summed E-state index contributed by atoms with van der Waals surface area (Å²) in [6, 6.07) is 10.1. The summed E-state index contributed by atoms with van der Waals surface area (Å²) >= 11 is 0. The summed E-state index contributed by atoms with van der Waals surface area (Å²) in [5.41, 5.74) is 1.22. The van der Waals surface area contributed by atoms with Gasteiger partial charge in [-0.3, -0.25) is 9.69 Å². The van der Waals surface area contributed by atoms with Crippen molar-refractivity contribution < 1.29 is 4.79 Å². The molecule has 0 bridgehead atoms. The molecule has 0 aliphatic rings. The lowest BCUT2D eigenvalue weighted by Gasteiger charge is -2.11. The fraction of sp³-hybridized carbons (Fsp3) is 0.300. The van der Waals surface area contributed by atoms with E-state index in [9.17, 15) is 4.79 Å². The summed E-state index contributed by atoms with van der Waals surface area (Å²) < 4.78 is 0. The Morgan fingerprint density at radius 3 is 2.58 bits per heavy atom. The highest BCUT2D eigenvalue weighted by Crippen LogP contribution is 2.00. The Balaban J connectivity index is 2.46. The highest BCUT2D eigenvalue weighted by molar-refractivity contribution is 5.52. The van der Waals surface area contributed by atoms with Crippen molar-refractivity contribution in [3.8, 4) is 0 Å². The van der Waals surface area contributed by atoms with Gasteiger partial charge in [-0.05, 0) is 12.6 Å². The van der Waals surface area contributed by atoms with Gasteiger partial charge in [-0.1, -0.05) is 30.3 Å². The lowest BCUT2D eigenvalue weighted by Crippen LogP contribution is -2.19. The van der Waals surface area contributed by atoms with E-state index in [-0.39, 0.29) is 0 Å². The van der Waals surface area contributed by atoms with Crippen LogP contribution in [-0.2, 0) is 11.3 Å². The minimum absolute atomic E-state index is 0.370. The first-order valence-corrected chi connectivity index (χ1v) is 3.90. The van der Waals surface area contributed by atoms with Crippen molar-refractivity contribution in [3.05, 3.63) is 35.9 Å². The van der Waals surface area contributed by atoms with Crippen molar-refractivity contribution in [3.63, 3.8) is 0 Å². The van der Waals surface area contributed by atoms with E-state index in [1.807, 2.05) is 48.6 Å². The largest absolute Gasteiger partial charge is 0.294 e. The number of carbonyl (C=O) groups excluding carboxylic acids is 1. The maximum atomic E-state index is 10.0. The topological polar surface area (TPSA) is 20.3 Å². The molecule has 2 heteroatoms. The third kappa shape index (κ3) is 2.84. The molecule has 1 aromatic carbocycles. The monoisotopic (exact) mass is 162 g/mol. The molecule has 12 heavy (non-hydrogen) atoms. The molecule has 0 aromatic heterocycles. The molecule has 0 aliphatic heterocycles. The normalized spacial score (nSPS) is 10.2. The zero-order chi connectivity index (χ0) is 8.81. The van der Waals surface area contributed by atoms with E-state index in [0.717, 1.165) is 6.54 Å². The molecular weight excluding hydrogens is 150 g/mol. The molecule has 0 saturated heterocycles. The second-order valence-corrected chi connectivity index (χ2v) is 2.80. The smallest absolute Gasteiger partial charge is 0.213 e. The predicted octanol–water partition coefficient (Wildman–Crippen LogP) is 1.23. The number of hydrogen-bond donors (Lipinski definition) is 0. The molecule has 0 heterocycles. The molecule has 0 spiro atoms. The minimum Gasteiger partial charge on any atom is -0.294 e. The van der Waals surface area contributed by atoms with E-state index in [1.54, 1.807) is 0 Å². The van der Waals surface area contributed by atoms with Crippen LogP contribution in [0.5, 0.6) is 0 Å². The van der Waals surface area contributed by atoms with Crippen molar-refractivity contribution in [2.75, 3.05) is 13.6 Å². The highest BCUT2D eigenvalue weighted by Gasteiger charge is 1.97. The highest BCUT2D eigenvalue weighted by atomic mass is 16.1. The summed E-state index contributed by atoms with van der Waals surface area (Å²) in [7, 11) is 1.90. The van der Waals surface area contributed by atoms with Gasteiger partial charge in [0, 0.05) is 6.54 Å². The van der Waals surface area contributed by atoms with Crippen LogP contribution in [0.15, 0.2) is 30.3 Å². The molecule has 0 amide bonds. The lowest BCUT2D eigenvalue weighted by atomic mass is 10.2. The van der Waals surface area contributed by atoms with E-state index in [4.69, 9.17) is 0 Å². The molecule has 2 nitrogen and oxygen atoms in total. The molecule has 0 saturated carbocycles. The van der Waals surface area contributed by atoms with Crippen molar-refractivity contribution in [1.82, 2.24) is 4.90 Å². The Labute approximate surface area is 72.8 Å². The molecule has 1 radical (unpaired) electrons. The van der Waals surface area contributed by atoms with Crippen LogP contribution in [0.1, 0.15) is 5.56 Å². The molecule has 1 rings (SSSR count). The van der Waals surface area contributed by atoms with E-state index < -0.39 is 0 Å². The maximum Gasteiger partial charge on any atom is 0.213 e. The van der Waals surface area contributed by atoms with Crippen LogP contribution >= 0.6 is 0 Å². The second kappa shape index (κ2) is 4.67. The van der Waals surface area contributed by atoms with Gasteiger partial charge in [-0.15, -0.1) is 0 Å². The van der Waals surface area contributed by atoms with Gasteiger partial charge in [0.05, 0.1) is 6.54 Å². The minimum atomic E-state index is 0.370. The molecule has 0 fully saturated rings. The summed E-state index contributed by atoms with van der Waals surface area (Å²) in [5.74, 6) is 0. The van der Waals surface area contributed by atoms with Crippen LogP contribution < -0.4 is 0 Å². The predicted molar refractivity (Wildman–Crippen MR) is 48.5 cm³/mol. The van der Waals surface area contributed by atoms with Gasteiger partial charge in [-0.2, -0.15) is 0 Å². The average molecular weight is 162 g/mol. The molecule has 0 atom stereocenters. The Morgan fingerprint density at radius 1 is 1.33 bits per heavy atom. The number of benzene rings is 1. The summed E-state index contributed by atoms with van der Waals surface area (Å²) in [4.78, 5) is 12.0. The van der Waals surface area contributed by atoms with E-state index in [2.05, 4.69) is 0 Å². The van der Waals surface area contributed by atoms with Gasteiger partial charge < -0.3 is 0 Å². The Bertz CT molecular complexity index is 233. The van der Waals surface area contributed by atoms with Gasteiger partial charge in [0.2, 0.25) is 6.29 Å². The van der Waals surface area contributed by atoms with Crippen molar-refractivity contribution in [2.45, 2.75) is 6.54 Å². The van der Waals surface area contributed by atoms with Gasteiger partial charge >= 0.3 is 0 Å². The first kappa shape index (κ1) is 8.94. The van der Waals surface area contributed by atoms with Crippen molar-refractivity contribution in [2.24, 2.45) is 0 Å². The molecule has 63 valence electrons. The van der Waals surface area contributed by atoms with Crippen LogP contribution in [0.25, 0.3) is 0 Å². The van der Waals surface area contributed by atoms with Crippen LogP contribution in [0.3, 0.4) is 0 Å². The van der Waals surface area contributed by atoms with Crippen molar-refractivity contribution >= 4 is 6.29 Å². The van der Waals surface area contributed by atoms with Crippen LogP contribution in [-0.4, -0.2) is 24.8 Å². The third-order valence-corrected chi connectivity index (χ3v) is 1.63. The summed E-state index contributed by atoms with van der Waals surface area (Å²) in [6.07, 6.45) is 1.86. The molecule has 1 aromatic rings. The van der Waals surface area contributed by atoms with Gasteiger partial charge in [0.25, 0.3) is 0 Å². The number of rotatable bonds is 4. The quantitative estimate of drug-likeness (QED) is 0.663. The Morgan fingerprint density at radius 2 is 2.00 bits per heavy atom. The van der Waals surface area contributed by atoms with Gasteiger partial charge in [-0.25, -0.2) is 0 Å². The molecule has 0 unspecified atom stereocenters. The van der Waals surface area contributed by atoms with Gasteiger partial charge in [0.1, 0.15) is 0 Å². The first-order valence-electron chi connectivity index (χ1n) is 3.90. The summed E-state index contributed by atoms with van der Waals surface area (Å²) in [5, 5.41) is 0. The first-order chi connectivity index (χ1) is 5.83. The molecule has 0 aliphatic carbocycles. The zero-order valence-electron chi connectivity index (χ0n) is 7.16. The number of likely N-dealkylation sites (N-methyl/N-ethyl adjacent to an activating group) is 1. The van der Waals surface area contributed by atoms with E-state index >= 15 is 0 Å². The zero-order valence-corrected chi connectivity index (χ0v) is 7.16. The number of hydrogen-bond acceptors (Lipinski definition) is 2. The fourth-order valence-corrected chi connectivity index (χ4v) is 1.06. The third-order valence-electron chi connectivity index (χ3n) is 1.63. The number of nitrogens with zero attached hydrogens (tertiary/aromatic N) is 1. The fourth-order valence-electron chi connectivity index (χ4n) is 1.06. The second-order valence-electron chi connectivity index (χ2n) is 2.80. The van der Waals surface area contributed by atoms with E-state index in [1.165, 1.54) is 5.56 Å².